The van der Waals surface area contributed by atoms with Crippen LogP contribution in [0, 0.1) is 29.1 Å². The molecule has 0 aromatic carbocycles. The van der Waals surface area contributed by atoms with E-state index >= 15 is 0 Å². The van der Waals surface area contributed by atoms with E-state index in [-0.39, 0.29) is 6.10 Å². The third-order valence-corrected chi connectivity index (χ3v) is 7.88. The van der Waals surface area contributed by atoms with Crippen molar-refractivity contribution in [3.05, 3.63) is 0 Å². The van der Waals surface area contributed by atoms with E-state index in [1.807, 2.05) is 14.2 Å². The number of ether oxygens (including phenoxy) is 2. The molecule has 24 heavy (non-hydrogen) atoms. The zero-order chi connectivity index (χ0) is 17.2. The van der Waals surface area contributed by atoms with Gasteiger partial charge >= 0.3 is 0 Å². The van der Waals surface area contributed by atoms with Crippen LogP contribution in [0.4, 0.5) is 0 Å². The lowest BCUT2D eigenvalue weighted by molar-refractivity contribution is -0.129. The van der Waals surface area contributed by atoms with E-state index in [1.165, 1.54) is 44.9 Å². The van der Waals surface area contributed by atoms with Gasteiger partial charge in [0.05, 0.1) is 18.8 Å². The Hall–Kier alpha value is -0.120. The number of fused-ring (bicyclic) bond motifs is 3. The molecule has 0 aromatic rings. The first-order chi connectivity index (χ1) is 11.6. The van der Waals surface area contributed by atoms with Gasteiger partial charge in [0.25, 0.3) is 0 Å². The van der Waals surface area contributed by atoms with Crippen LogP contribution >= 0.6 is 0 Å². The van der Waals surface area contributed by atoms with Crippen molar-refractivity contribution in [1.82, 2.24) is 0 Å². The van der Waals surface area contributed by atoms with Gasteiger partial charge in [-0.3, -0.25) is 0 Å². The summed E-state index contributed by atoms with van der Waals surface area (Å²) in [5.74, 6) is 3.05. The molecule has 3 nitrogen and oxygen atoms in total. The van der Waals surface area contributed by atoms with Crippen LogP contribution < -0.4 is 0 Å². The van der Waals surface area contributed by atoms with Gasteiger partial charge in [-0.2, -0.15) is 0 Å². The topological polar surface area (TPSA) is 38.7 Å². The highest BCUT2D eigenvalue weighted by Gasteiger charge is 2.54. The highest BCUT2D eigenvalue weighted by molar-refractivity contribution is 5.03. The SMILES string of the molecule is COC[C@]12CC[C@@H](O)C[C@@H]1CC[C@H]1[C@@H](C)CC[C@H](OC)CCC[C@@H]12. The maximum absolute atomic E-state index is 10.2. The number of methoxy groups -OCH3 is 2. The number of aliphatic hydroxyl groups is 1. The van der Waals surface area contributed by atoms with Crippen LogP contribution in [0.15, 0.2) is 0 Å². The Morgan fingerprint density at radius 1 is 1.00 bits per heavy atom. The summed E-state index contributed by atoms with van der Waals surface area (Å²) in [6, 6.07) is 0. The Balaban J connectivity index is 1.85. The van der Waals surface area contributed by atoms with Crippen LogP contribution in [0.1, 0.15) is 71.1 Å². The predicted octanol–water partition coefficient (Wildman–Crippen LogP) is 4.42. The molecule has 7 atom stereocenters. The molecule has 0 saturated heterocycles. The lowest BCUT2D eigenvalue weighted by atomic mass is 9.49. The number of rotatable bonds is 3. The first kappa shape index (κ1) is 18.7. The molecular formula is C21H38O3. The minimum absolute atomic E-state index is 0.0804. The van der Waals surface area contributed by atoms with Crippen LogP contribution in [-0.4, -0.2) is 38.1 Å². The Kier molecular flexibility index (Phi) is 6.26. The zero-order valence-corrected chi connectivity index (χ0v) is 16.0. The van der Waals surface area contributed by atoms with E-state index in [1.54, 1.807) is 0 Å². The lowest BCUT2D eigenvalue weighted by Crippen LogP contribution is -2.53. The first-order valence-electron chi connectivity index (χ1n) is 10.3. The Labute approximate surface area is 148 Å². The highest BCUT2D eigenvalue weighted by Crippen LogP contribution is 2.59. The van der Waals surface area contributed by atoms with E-state index in [9.17, 15) is 5.11 Å². The molecular weight excluding hydrogens is 300 g/mol. The molecule has 1 N–H and O–H groups in total. The molecule has 0 spiro atoms. The standard InChI is InChI=1S/C21H38O3/c1-15-7-9-18(24-3)5-4-6-20-19(15)10-8-16-13-17(22)11-12-21(16,20)14-23-2/h15-20,22H,4-14H2,1-3H3/t15-,16-,17+,18+,19-,20-,21+/m0/s1. The Morgan fingerprint density at radius 2 is 1.83 bits per heavy atom. The number of aliphatic hydroxyl groups excluding tert-OH is 1. The van der Waals surface area contributed by atoms with Gasteiger partial charge < -0.3 is 14.6 Å². The molecule has 0 aromatic heterocycles. The van der Waals surface area contributed by atoms with Crippen molar-refractivity contribution in [2.24, 2.45) is 29.1 Å². The Bertz CT molecular complexity index is 399. The summed E-state index contributed by atoms with van der Waals surface area (Å²) in [7, 11) is 3.76. The molecule has 140 valence electrons. The molecule has 0 aliphatic heterocycles. The average Bonchev–Trinajstić information content (AvgIpc) is 2.65. The van der Waals surface area contributed by atoms with Crippen molar-refractivity contribution < 1.29 is 14.6 Å². The fourth-order valence-electron chi connectivity index (χ4n) is 6.59. The van der Waals surface area contributed by atoms with E-state index in [4.69, 9.17) is 9.47 Å². The molecule has 3 rings (SSSR count). The quantitative estimate of drug-likeness (QED) is 0.828. The number of hydrogen-bond donors (Lipinski definition) is 1. The van der Waals surface area contributed by atoms with E-state index in [0.717, 1.165) is 43.6 Å². The zero-order valence-electron chi connectivity index (χ0n) is 16.0. The van der Waals surface area contributed by atoms with Gasteiger partial charge in [0.2, 0.25) is 0 Å². The van der Waals surface area contributed by atoms with Crippen molar-refractivity contribution in [3.63, 3.8) is 0 Å². The van der Waals surface area contributed by atoms with Crippen LogP contribution in [0.3, 0.4) is 0 Å². The first-order valence-corrected chi connectivity index (χ1v) is 10.3. The van der Waals surface area contributed by atoms with E-state index in [0.29, 0.717) is 17.4 Å². The molecule has 0 bridgehead atoms. The summed E-state index contributed by atoms with van der Waals surface area (Å²) in [5.41, 5.74) is 0.318. The third kappa shape index (κ3) is 3.54. The van der Waals surface area contributed by atoms with Crippen LogP contribution in [-0.2, 0) is 9.47 Å². The highest BCUT2D eigenvalue weighted by atomic mass is 16.5. The summed E-state index contributed by atoms with van der Waals surface area (Å²) < 4.78 is 11.5. The summed E-state index contributed by atoms with van der Waals surface area (Å²) in [4.78, 5) is 0. The number of hydrogen-bond acceptors (Lipinski definition) is 3. The predicted molar refractivity (Wildman–Crippen MR) is 96.9 cm³/mol. The van der Waals surface area contributed by atoms with Crippen LogP contribution in [0.5, 0.6) is 0 Å². The smallest absolute Gasteiger partial charge is 0.0571 e. The molecule has 0 heterocycles. The van der Waals surface area contributed by atoms with Crippen molar-refractivity contribution >= 4 is 0 Å². The molecule has 0 unspecified atom stereocenters. The molecule has 3 aliphatic carbocycles. The summed E-state index contributed by atoms with van der Waals surface area (Å²) in [6.45, 7) is 3.38. The van der Waals surface area contributed by atoms with Gasteiger partial charge in [-0.1, -0.05) is 13.3 Å². The van der Waals surface area contributed by atoms with Gasteiger partial charge in [0.15, 0.2) is 0 Å². The van der Waals surface area contributed by atoms with Gasteiger partial charge in [0, 0.05) is 14.2 Å². The second-order valence-electron chi connectivity index (χ2n) is 8.98. The summed E-state index contributed by atoms with van der Waals surface area (Å²) in [6.07, 6.45) is 12.5. The second-order valence-corrected chi connectivity index (χ2v) is 8.98. The molecule has 3 heteroatoms. The van der Waals surface area contributed by atoms with E-state index < -0.39 is 0 Å². The van der Waals surface area contributed by atoms with Crippen molar-refractivity contribution in [2.75, 3.05) is 20.8 Å². The van der Waals surface area contributed by atoms with Gasteiger partial charge in [0.1, 0.15) is 0 Å². The lowest BCUT2D eigenvalue weighted by Gasteiger charge is -2.57. The fourth-order valence-corrected chi connectivity index (χ4v) is 6.59. The summed E-state index contributed by atoms with van der Waals surface area (Å²) >= 11 is 0. The molecule has 3 saturated carbocycles. The molecule has 0 radical (unpaired) electrons. The third-order valence-electron chi connectivity index (χ3n) is 7.88. The maximum atomic E-state index is 10.2. The fraction of sp³-hybridized carbons (Fsp3) is 1.00. The normalized spacial score (nSPS) is 47.0. The Morgan fingerprint density at radius 3 is 2.58 bits per heavy atom. The van der Waals surface area contributed by atoms with Crippen molar-refractivity contribution in [2.45, 2.75) is 83.3 Å². The summed E-state index contributed by atoms with van der Waals surface area (Å²) in [5, 5.41) is 10.2. The monoisotopic (exact) mass is 338 g/mol. The molecule has 3 fully saturated rings. The van der Waals surface area contributed by atoms with Crippen LogP contribution in [0.25, 0.3) is 0 Å². The van der Waals surface area contributed by atoms with Gasteiger partial charge in [-0.05, 0) is 86.9 Å². The maximum Gasteiger partial charge on any atom is 0.0571 e. The minimum Gasteiger partial charge on any atom is -0.393 e. The van der Waals surface area contributed by atoms with Crippen molar-refractivity contribution in [3.8, 4) is 0 Å². The van der Waals surface area contributed by atoms with Crippen LogP contribution in [0.2, 0.25) is 0 Å². The second kappa shape index (κ2) is 8.05. The molecule has 3 aliphatic rings. The average molecular weight is 339 g/mol. The van der Waals surface area contributed by atoms with Gasteiger partial charge in [-0.15, -0.1) is 0 Å². The minimum atomic E-state index is -0.0804. The van der Waals surface area contributed by atoms with E-state index in [2.05, 4.69) is 6.92 Å². The molecule has 0 amide bonds. The van der Waals surface area contributed by atoms with Gasteiger partial charge in [-0.25, -0.2) is 0 Å². The van der Waals surface area contributed by atoms with Crippen molar-refractivity contribution in [1.29, 1.82) is 0 Å². The largest absolute Gasteiger partial charge is 0.393 e.